The van der Waals surface area contributed by atoms with Crippen molar-refractivity contribution in [1.82, 2.24) is 15.1 Å². The lowest BCUT2D eigenvalue weighted by atomic mass is 10.3. The molecule has 0 spiro atoms. The molecule has 6 heteroatoms. The summed E-state index contributed by atoms with van der Waals surface area (Å²) < 4.78 is 0. The Bertz CT molecular complexity index is 363. The third kappa shape index (κ3) is 3.67. The average molecular weight is 237 g/mol. The summed E-state index contributed by atoms with van der Waals surface area (Å²) in [4.78, 5) is 15.0. The van der Waals surface area contributed by atoms with Gasteiger partial charge in [-0.2, -0.15) is 0 Å². The zero-order valence-corrected chi connectivity index (χ0v) is 10.6. The lowest BCUT2D eigenvalue weighted by Crippen LogP contribution is -2.25. The van der Waals surface area contributed by atoms with E-state index in [1.807, 2.05) is 11.9 Å². The van der Waals surface area contributed by atoms with Gasteiger partial charge >= 0.3 is 0 Å². The van der Waals surface area contributed by atoms with E-state index < -0.39 is 0 Å². The lowest BCUT2D eigenvalue weighted by molar-refractivity contribution is 0.0821. The number of aromatic nitrogens is 2. The number of carbonyl (C=O) groups is 1. The number of anilines is 1. The first-order valence-electron chi connectivity index (χ1n) is 5.53. The van der Waals surface area contributed by atoms with Crippen LogP contribution in [0.4, 0.5) is 5.82 Å². The van der Waals surface area contributed by atoms with Crippen LogP contribution in [0.1, 0.15) is 16.9 Å². The standard InChI is InChI=1S/C11H19N5O/c1-15(2)11(17)9-5-6-10(14-13-9)16(3)8-4-7-12/h5-6H,4,7-8,12H2,1-3H3. The number of hydrogen-bond donors (Lipinski definition) is 1. The molecule has 0 radical (unpaired) electrons. The largest absolute Gasteiger partial charge is 0.358 e. The summed E-state index contributed by atoms with van der Waals surface area (Å²) in [6.07, 6.45) is 0.899. The summed E-state index contributed by atoms with van der Waals surface area (Å²) in [5.74, 6) is 0.599. The van der Waals surface area contributed by atoms with Gasteiger partial charge in [-0.05, 0) is 25.1 Å². The van der Waals surface area contributed by atoms with E-state index >= 15 is 0 Å². The van der Waals surface area contributed by atoms with Crippen LogP contribution in [-0.4, -0.2) is 55.2 Å². The monoisotopic (exact) mass is 237 g/mol. The van der Waals surface area contributed by atoms with Gasteiger partial charge < -0.3 is 15.5 Å². The third-order valence-corrected chi connectivity index (χ3v) is 2.36. The zero-order chi connectivity index (χ0) is 12.8. The number of amides is 1. The van der Waals surface area contributed by atoms with E-state index in [0.29, 0.717) is 12.2 Å². The second kappa shape index (κ2) is 6.15. The summed E-state index contributed by atoms with van der Waals surface area (Å²) in [6, 6.07) is 3.48. The van der Waals surface area contributed by atoms with Crippen LogP contribution in [0, 0.1) is 0 Å². The van der Waals surface area contributed by atoms with Gasteiger partial charge in [0.05, 0.1) is 0 Å². The summed E-state index contributed by atoms with van der Waals surface area (Å²) in [5.41, 5.74) is 5.79. The van der Waals surface area contributed by atoms with Crippen LogP contribution in [0.25, 0.3) is 0 Å². The van der Waals surface area contributed by atoms with Crippen LogP contribution < -0.4 is 10.6 Å². The zero-order valence-electron chi connectivity index (χ0n) is 10.6. The topological polar surface area (TPSA) is 75.4 Å². The summed E-state index contributed by atoms with van der Waals surface area (Å²) in [7, 11) is 5.30. The van der Waals surface area contributed by atoms with Crippen molar-refractivity contribution < 1.29 is 4.79 Å². The molecule has 0 aromatic carbocycles. The number of carbonyl (C=O) groups excluding carboxylic acids is 1. The molecule has 1 rings (SSSR count). The fourth-order valence-corrected chi connectivity index (χ4v) is 1.31. The van der Waals surface area contributed by atoms with Gasteiger partial charge in [-0.3, -0.25) is 4.79 Å². The van der Waals surface area contributed by atoms with Crippen LogP contribution in [0.15, 0.2) is 12.1 Å². The molecule has 0 aliphatic carbocycles. The Labute approximate surface area is 101 Å². The molecule has 0 saturated carbocycles. The molecular weight excluding hydrogens is 218 g/mol. The first kappa shape index (κ1) is 13.4. The Hall–Kier alpha value is -1.69. The molecule has 0 aliphatic rings. The van der Waals surface area contributed by atoms with Crippen molar-refractivity contribution in [2.75, 3.05) is 39.1 Å². The molecule has 0 aliphatic heterocycles. The fraction of sp³-hybridized carbons (Fsp3) is 0.545. The molecular formula is C11H19N5O. The molecule has 0 atom stereocenters. The SMILES string of the molecule is CN(C)C(=O)c1ccc(N(C)CCCN)nn1. The van der Waals surface area contributed by atoms with Gasteiger partial charge in [0.15, 0.2) is 11.5 Å². The van der Waals surface area contributed by atoms with Crippen molar-refractivity contribution in [2.24, 2.45) is 5.73 Å². The van der Waals surface area contributed by atoms with E-state index in [1.165, 1.54) is 4.90 Å². The van der Waals surface area contributed by atoms with Crippen LogP contribution in [0.5, 0.6) is 0 Å². The number of hydrogen-bond acceptors (Lipinski definition) is 5. The first-order valence-corrected chi connectivity index (χ1v) is 5.53. The van der Waals surface area contributed by atoms with Gasteiger partial charge in [0.1, 0.15) is 0 Å². The molecule has 1 aromatic heterocycles. The molecule has 0 bridgehead atoms. The van der Waals surface area contributed by atoms with Gasteiger partial charge in [0, 0.05) is 27.7 Å². The first-order chi connectivity index (χ1) is 8.06. The Morgan fingerprint density at radius 3 is 2.47 bits per heavy atom. The van der Waals surface area contributed by atoms with Gasteiger partial charge in [0.2, 0.25) is 0 Å². The van der Waals surface area contributed by atoms with Crippen molar-refractivity contribution >= 4 is 11.7 Å². The molecule has 0 unspecified atom stereocenters. The number of nitrogens with two attached hydrogens (primary N) is 1. The van der Waals surface area contributed by atoms with E-state index in [2.05, 4.69) is 10.2 Å². The molecule has 2 N–H and O–H groups in total. The highest BCUT2D eigenvalue weighted by molar-refractivity contribution is 5.91. The van der Waals surface area contributed by atoms with E-state index in [-0.39, 0.29) is 5.91 Å². The molecule has 1 amide bonds. The Balaban J connectivity index is 2.70. The summed E-state index contributed by atoms with van der Waals surface area (Å²) in [6.45, 7) is 1.47. The van der Waals surface area contributed by atoms with E-state index in [4.69, 9.17) is 5.73 Å². The minimum Gasteiger partial charge on any atom is -0.358 e. The summed E-state index contributed by atoms with van der Waals surface area (Å²) >= 11 is 0. The van der Waals surface area contributed by atoms with E-state index in [0.717, 1.165) is 18.8 Å². The fourth-order valence-electron chi connectivity index (χ4n) is 1.31. The van der Waals surface area contributed by atoms with Gasteiger partial charge in [-0.25, -0.2) is 0 Å². The number of rotatable bonds is 5. The summed E-state index contributed by atoms with van der Waals surface area (Å²) in [5, 5.41) is 7.94. The predicted octanol–water partition coefficient (Wildman–Crippen LogP) is -0.0366. The maximum absolute atomic E-state index is 11.6. The third-order valence-electron chi connectivity index (χ3n) is 2.36. The Morgan fingerprint density at radius 2 is 2.00 bits per heavy atom. The molecule has 1 heterocycles. The second-order valence-electron chi connectivity index (χ2n) is 4.04. The smallest absolute Gasteiger partial charge is 0.273 e. The maximum Gasteiger partial charge on any atom is 0.273 e. The highest BCUT2D eigenvalue weighted by Gasteiger charge is 2.11. The quantitative estimate of drug-likeness (QED) is 0.778. The molecule has 0 fully saturated rings. The molecule has 6 nitrogen and oxygen atoms in total. The Morgan fingerprint density at radius 1 is 1.29 bits per heavy atom. The van der Waals surface area contributed by atoms with Gasteiger partial charge in [0.25, 0.3) is 5.91 Å². The molecule has 1 aromatic rings. The van der Waals surface area contributed by atoms with Crippen LogP contribution in [0.3, 0.4) is 0 Å². The van der Waals surface area contributed by atoms with E-state index in [9.17, 15) is 4.79 Å². The predicted molar refractivity (Wildman–Crippen MR) is 67.0 cm³/mol. The highest BCUT2D eigenvalue weighted by Crippen LogP contribution is 2.08. The maximum atomic E-state index is 11.6. The second-order valence-corrected chi connectivity index (χ2v) is 4.04. The van der Waals surface area contributed by atoms with E-state index in [1.54, 1.807) is 26.2 Å². The van der Waals surface area contributed by atoms with Gasteiger partial charge in [-0.1, -0.05) is 0 Å². The number of nitrogens with zero attached hydrogens (tertiary/aromatic N) is 4. The van der Waals surface area contributed by atoms with Gasteiger partial charge in [-0.15, -0.1) is 10.2 Å². The van der Waals surface area contributed by atoms with Crippen molar-refractivity contribution in [3.63, 3.8) is 0 Å². The highest BCUT2D eigenvalue weighted by atomic mass is 16.2. The normalized spacial score (nSPS) is 10.1. The molecule has 0 saturated heterocycles. The van der Waals surface area contributed by atoms with Crippen molar-refractivity contribution in [3.8, 4) is 0 Å². The van der Waals surface area contributed by atoms with Crippen LogP contribution >= 0.6 is 0 Å². The van der Waals surface area contributed by atoms with Crippen molar-refractivity contribution in [3.05, 3.63) is 17.8 Å². The van der Waals surface area contributed by atoms with Crippen LogP contribution in [0.2, 0.25) is 0 Å². The minimum absolute atomic E-state index is 0.145. The molecule has 94 valence electrons. The lowest BCUT2D eigenvalue weighted by Gasteiger charge is -2.17. The van der Waals surface area contributed by atoms with Crippen molar-refractivity contribution in [2.45, 2.75) is 6.42 Å². The van der Waals surface area contributed by atoms with Crippen molar-refractivity contribution in [1.29, 1.82) is 0 Å². The minimum atomic E-state index is -0.145. The van der Waals surface area contributed by atoms with Crippen LogP contribution in [-0.2, 0) is 0 Å². The Kier molecular flexibility index (Phi) is 4.84. The average Bonchev–Trinajstić information content (AvgIpc) is 2.35. The molecule has 17 heavy (non-hydrogen) atoms.